The third kappa shape index (κ3) is 5.80. The second-order valence-corrected chi connectivity index (χ2v) is 4.00. The summed E-state index contributed by atoms with van der Waals surface area (Å²) in [5, 5.41) is 3.22. The van der Waals surface area contributed by atoms with E-state index >= 15 is 0 Å². The molecule has 0 fully saturated rings. The van der Waals surface area contributed by atoms with Crippen LogP contribution in [0, 0.1) is 0 Å². The first kappa shape index (κ1) is 14.7. The van der Waals surface area contributed by atoms with Gasteiger partial charge in [0.15, 0.2) is 0 Å². The van der Waals surface area contributed by atoms with Crippen LogP contribution in [0.3, 0.4) is 0 Å². The van der Waals surface area contributed by atoms with Gasteiger partial charge in [0.2, 0.25) is 0 Å². The van der Waals surface area contributed by atoms with Crippen LogP contribution >= 0.6 is 0 Å². The van der Waals surface area contributed by atoms with Crippen molar-refractivity contribution in [3.8, 4) is 0 Å². The highest BCUT2D eigenvalue weighted by molar-refractivity contribution is 5.70. The fraction of sp³-hybridized carbons (Fsp3) is 0.500. The third-order valence-corrected chi connectivity index (χ3v) is 2.56. The molecule has 1 N–H and O–H groups in total. The average molecular weight is 251 g/mol. The smallest absolute Gasteiger partial charge is 0.332 e. The maximum atomic E-state index is 11.0. The topological polar surface area (TPSA) is 47.6 Å². The molecule has 0 aliphatic carbocycles. The summed E-state index contributed by atoms with van der Waals surface area (Å²) in [6.45, 7) is 3.95. The van der Waals surface area contributed by atoms with Gasteiger partial charge in [-0.2, -0.15) is 0 Å². The largest absolute Gasteiger partial charge is 0.463 e. The Labute approximate surface area is 108 Å². The van der Waals surface area contributed by atoms with Crippen molar-refractivity contribution in [1.29, 1.82) is 0 Å². The van der Waals surface area contributed by atoms with Crippen LogP contribution in [0.2, 0.25) is 0 Å². The van der Waals surface area contributed by atoms with Gasteiger partial charge in [0.25, 0.3) is 0 Å². The number of benzene rings is 1. The highest BCUT2D eigenvalue weighted by atomic mass is 16.6. The number of hydrogen-bond donors (Lipinski definition) is 1. The molecule has 100 valence electrons. The van der Waals surface area contributed by atoms with Crippen LogP contribution in [0.15, 0.2) is 24.3 Å². The highest BCUT2D eigenvalue weighted by Gasteiger charge is 2.00. The SMILES string of the molecule is CCc1ccc(CNCCOC(=O)COC)cc1. The zero-order valence-electron chi connectivity index (χ0n) is 11.1. The number of hydrogen-bond acceptors (Lipinski definition) is 4. The lowest BCUT2D eigenvalue weighted by atomic mass is 10.1. The number of carbonyl (C=O) groups is 1. The Bertz CT molecular complexity index is 349. The first-order chi connectivity index (χ1) is 8.76. The van der Waals surface area contributed by atoms with E-state index in [1.54, 1.807) is 0 Å². The van der Waals surface area contributed by atoms with Crippen molar-refractivity contribution >= 4 is 5.97 Å². The molecule has 0 heterocycles. The van der Waals surface area contributed by atoms with E-state index in [-0.39, 0.29) is 12.6 Å². The predicted octanol–water partition coefficient (Wildman–Crippen LogP) is 1.53. The summed E-state index contributed by atoms with van der Waals surface area (Å²) in [5.41, 5.74) is 2.57. The van der Waals surface area contributed by atoms with Crippen molar-refractivity contribution in [3.05, 3.63) is 35.4 Å². The van der Waals surface area contributed by atoms with E-state index in [9.17, 15) is 4.79 Å². The number of nitrogens with one attached hydrogen (secondary N) is 1. The summed E-state index contributed by atoms with van der Waals surface area (Å²) >= 11 is 0. The Kier molecular flexibility index (Phi) is 7.06. The minimum atomic E-state index is -0.327. The first-order valence-corrected chi connectivity index (χ1v) is 6.19. The van der Waals surface area contributed by atoms with Gasteiger partial charge in [-0.1, -0.05) is 31.2 Å². The van der Waals surface area contributed by atoms with Crippen LogP contribution in [0.1, 0.15) is 18.1 Å². The summed E-state index contributed by atoms with van der Waals surface area (Å²) in [6.07, 6.45) is 1.06. The van der Waals surface area contributed by atoms with Gasteiger partial charge in [-0.05, 0) is 17.5 Å². The zero-order valence-corrected chi connectivity index (χ0v) is 11.1. The van der Waals surface area contributed by atoms with Gasteiger partial charge >= 0.3 is 5.97 Å². The summed E-state index contributed by atoms with van der Waals surface area (Å²) in [7, 11) is 1.47. The molecule has 0 saturated heterocycles. The van der Waals surface area contributed by atoms with E-state index in [1.807, 2.05) is 0 Å². The maximum absolute atomic E-state index is 11.0. The lowest BCUT2D eigenvalue weighted by molar-refractivity contribution is -0.147. The van der Waals surface area contributed by atoms with Gasteiger partial charge in [0.1, 0.15) is 13.2 Å². The van der Waals surface area contributed by atoms with Crippen molar-refractivity contribution in [2.75, 3.05) is 26.9 Å². The normalized spacial score (nSPS) is 10.3. The summed E-state index contributed by atoms with van der Waals surface area (Å²) in [4.78, 5) is 11.0. The van der Waals surface area contributed by atoms with E-state index in [4.69, 9.17) is 4.74 Å². The van der Waals surface area contributed by atoms with E-state index in [0.717, 1.165) is 13.0 Å². The molecule has 4 nitrogen and oxygen atoms in total. The monoisotopic (exact) mass is 251 g/mol. The van der Waals surface area contributed by atoms with Crippen LogP contribution < -0.4 is 5.32 Å². The number of methoxy groups -OCH3 is 1. The lowest BCUT2D eigenvalue weighted by Gasteiger charge is -2.06. The Balaban J connectivity index is 2.12. The van der Waals surface area contributed by atoms with Crippen molar-refractivity contribution in [2.45, 2.75) is 19.9 Å². The number of ether oxygens (including phenoxy) is 2. The van der Waals surface area contributed by atoms with Crippen LogP contribution in [0.25, 0.3) is 0 Å². The summed E-state index contributed by atoms with van der Waals surface area (Å²) in [6, 6.07) is 8.50. The standard InChI is InChI=1S/C14H21NO3/c1-3-12-4-6-13(7-5-12)10-15-8-9-18-14(16)11-17-2/h4-7,15H,3,8-11H2,1-2H3. The molecule has 0 aliphatic rings. The maximum Gasteiger partial charge on any atom is 0.332 e. The van der Waals surface area contributed by atoms with Crippen LogP contribution in [-0.4, -0.2) is 32.8 Å². The number of aryl methyl sites for hydroxylation is 1. The molecule has 0 unspecified atom stereocenters. The van der Waals surface area contributed by atoms with Crippen LogP contribution in [0.5, 0.6) is 0 Å². The molecule has 1 aromatic carbocycles. The molecule has 4 heteroatoms. The molecule has 18 heavy (non-hydrogen) atoms. The van der Waals surface area contributed by atoms with E-state index in [2.05, 4.69) is 41.2 Å². The van der Waals surface area contributed by atoms with Gasteiger partial charge in [0.05, 0.1) is 0 Å². The number of rotatable bonds is 8. The van der Waals surface area contributed by atoms with Gasteiger partial charge in [-0.15, -0.1) is 0 Å². The molecule has 0 saturated carbocycles. The number of carbonyl (C=O) groups excluding carboxylic acids is 1. The van der Waals surface area contributed by atoms with E-state index in [1.165, 1.54) is 18.2 Å². The molecule has 0 aromatic heterocycles. The average Bonchev–Trinajstić information content (AvgIpc) is 2.39. The molecule has 0 aliphatic heterocycles. The van der Waals surface area contributed by atoms with Crippen LogP contribution in [0.4, 0.5) is 0 Å². The second kappa shape index (κ2) is 8.66. The van der Waals surface area contributed by atoms with Crippen molar-refractivity contribution in [2.24, 2.45) is 0 Å². The fourth-order valence-corrected chi connectivity index (χ4v) is 1.52. The minimum Gasteiger partial charge on any atom is -0.463 e. The predicted molar refractivity (Wildman–Crippen MR) is 70.4 cm³/mol. The molecule has 0 atom stereocenters. The van der Waals surface area contributed by atoms with Crippen molar-refractivity contribution in [3.63, 3.8) is 0 Å². The van der Waals surface area contributed by atoms with Crippen LogP contribution in [-0.2, 0) is 27.2 Å². The Hall–Kier alpha value is -1.39. The molecule has 0 spiro atoms. The molecule has 1 aromatic rings. The van der Waals surface area contributed by atoms with Crippen molar-refractivity contribution < 1.29 is 14.3 Å². The minimum absolute atomic E-state index is 0.0124. The van der Waals surface area contributed by atoms with Gasteiger partial charge in [-0.25, -0.2) is 4.79 Å². The molecular formula is C14H21NO3. The molecule has 1 rings (SSSR count). The fourth-order valence-electron chi connectivity index (χ4n) is 1.52. The highest BCUT2D eigenvalue weighted by Crippen LogP contribution is 2.04. The van der Waals surface area contributed by atoms with E-state index < -0.39 is 0 Å². The summed E-state index contributed by atoms with van der Waals surface area (Å²) in [5.74, 6) is -0.327. The molecule has 0 amide bonds. The molecular weight excluding hydrogens is 230 g/mol. The summed E-state index contributed by atoms with van der Waals surface area (Å²) < 4.78 is 9.59. The molecule has 0 bridgehead atoms. The Morgan fingerprint density at radius 1 is 1.22 bits per heavy atom. The lowest BCUT2D eigenvalue weighted by Crippen LogP contribution is -2.22. The number of esters is 1. The Morgan fingerprint density at radius 3 is 2.50 bits per heavy atom. The van der Waals surface area contributed by atoms with Gasteiger partial charge in [-0.3, -0.25) is 0 Å². The second-order valence-electron chi connectivity index (χ2n) is 4.00. The zero-order chi connectivity index (χ0) is 13.2. The van der Waals surface area contributed by atoms with E-state index in [0.29, 0.717) is 13.2 Å². The Morgan fingerprint density at radius 2 is 1.89 bits per heavy atom. The first-order valence-electron chi connectivity index (χ1n) is 6.19. The molecule has 0 radical (unpaired) electrons. The van der Waals surface area contributed by atoms with Gasteiger partial charge in [0, 0.05) is 20.2 Å². The van der Waals surface area contributed by atoms with Gasteiger partial charge < -0.3 is 14.8 Å². The van der Waals surface area contributed by atoms with Crippen molar-refractivity contribution in [1.82, 2.24) is 5.32 Å². The third-order valence-electron chi connectivity index (χ3n) is 2.56. The quantitative estimate of drug-likeness (QED) is 0.562.